The van der Waals surface area contributed by atoms with Gasteiger partial charge in [-0.25, -0.2) is 4.79 Å². The molecule has 0 aromatic heterocycles. The number of rotatable bonds is 5. The summed E-state index contributed by atoms with van der Waals surface area (Å²) in [6, 6.07) is 2.66. The van der Waals surface area contributed by atoms with Crippen LogP contribution in [-0.4, -0.2) is 41.8 Å². The minimum absolute atomic E-state index is 0.191. The fourth-order valence-electron chi connectivity index (χ4n) is 2.85. The van der Waals surface area contributed by atoms with E-state index in [1.165, 1.54) is 6.42 Å². The van der Waals surface area contributed by atoms with Gasteiger partial charge >= 0.3 is 6.09 Å². The molecule has 1 N–H and O–H groups in total. The molecule has 1 fully saturated rings. The summed E-state index contributed by atoms with van der Waals surface area (Å²) < 4.78 is 5.57. The zero-order valence-electron chi connectivity index (χ0n) is 14.5. The van der Waals surface area contributed by atoms with Gasteiger partial charge < -0.3 is 15.0 Å². The number of amides is 1. The number of hydrogen-bond donors (Lipinski definition) is 1. The van der Waals surface area contributed by atoms with Crippen molar-refractivity contribution in [1.82, 2.24) is 10.2 Å². The number of carbonyl (C=O) groups excluding carboxylic acids is 1. The van der Waals surface area contributed by atoms with E-state index in [4.69, 9.17) is 10.00 Å². The predicted molar refractivity (Wildman–Crippen MR) is 87.5 cm³/mol. The summed E-state index contributed by atoms with van der Waals surface area (Å²) in [5.74, 6) is 0. The van der Waals surface area contributed by atoms with Crippen molar-refractivity contribution in [1.29, 1.82) is 5.26 Å². The summed E-state index contributed by atoms with van der Waals surface area (Å²) in [4.78, 5) is 14.4. The zero-order chi connectivity index (χ0) is 16.6. The topological polar surface area (TPSA) is 65.4 Å². The Morgan fingerprint density at radius 2 is 2.14 bits per heavy atom. The summed E-state index contributed by atoms with van der Waals surface area (Å²) in [6.07, 6.45) is 5.65. The smallest absolute Gasteiger partial charge is 0.410 e. The van der Waals surface area contributed by atoms with E-state index in [0.717, 1.165) is 32.2 Å². The minimum atomic E-state index is -0.454. The molecule has 22 heavy (non-hydrogen) atoms. The average Bonchev–Trinajstić information content (AvgIpc) is 2.62. The molecular formula is C17H31N3O2. The fraction of sp³-hybridized carbons (Fsp3) is 0.882. The van der Waals surface area contributed by atoms with Gasteiger partial charge in [0.25, 0.3) is 0 Å². The third kappa shape index (κ3) is 7.13. The molecule has 0 bridgehead atoms. The molecule has 0 aliphatic carbocycles. The zero-order valence-corrected chi connectivity index (χ0v) is 14.5. The van der Waals surface area contributed by atoms with Gasteiger partial charge in [-0.1, -0.05) is 12.8 Å². The molecule has 0 spiro atoms. The molecule has 1 aliphatic heterocycles. The number of ether oxygens (including phenoxy) is 1. The molecule has 2 atom stereocenters. The molecule has 1 aliphatic rings. The Bertz CT molecular complexity index is 384. The van der Waals surface area contributed by atoms with Crippen molar-refractivity contribution in [3.8, 4) is 6.07 Å². The Morgan fingerprint density at radius 3 is 2.77 bits per heavy atom. The van der Waals surface area contributed by atoms with Gasteiger partial charge in [-0.3, -0.25) is 0 Å². The van der Waals surface area contributed by atoms with Crippen LogP contribution in [0.2, 0.25) is 0 Å². The molecule has 126 valence electrons. The van der Waals surface area contributed by atoms with Crippen molar-refractivity contribution in [3.05, 3.63) is 0 Å². The van der Waals surface area contributed by atoms with E-state index in [1.54, 1.807) is 0 Å². The van der Waals surface area contributed by atoms with Crippen molar-refractivity contribution in [2.45, 2.75) is 83.9 Å². The third-order valence-electron chi connectivity index (χ3n) is 3.86. The molecule has 1 amide bonds. The normalized spacial score (nSPS) is 20.9. The van der Waals surface area contributed by atoms with Gasteiger partial charge in [0, 0.05) is 31.6 Å². The summed E-state index contributed by atoms with van der Waals surface area (Å²) in [7, 11) is 0. The largest absolute Gasteiger partial charge is 0.444 e. The predicted octanol–water partition coefficient (Wildman–Crippen LogP) is 3.45. The first-order valence-electron chi connectivity index (χ1n) is 8.43. The maximum absolute atomic E-state index is 12.5. The lowest BCUT2D eigenvalue weighted by Gasteiger charge is -2.33. The molecular weight excluding hydrogens is 278 g/mol. The molecule has 0 radical (unpaired) electrons. The SMILES string of the molecule is CC(CC1CCCCCN1C(=O)OC(C)(C)C)NCCC#N. The lowest BCUT2D eigenvalue weighted by Crippen LogP contribution is -2.45. The second-order valence-electron chi connectivity index (χ2n) is 7.18. The summed E-state index contributed by atoms with van der Waals surface area (Å²) >= 11 is 0. The first kappa shape index (κ1) is 18.8. The van der Waals surface area contributed by atoms with Crippen LogP contribution in [0.1, 0.15) is 66.2 Å². The van der Waals surface area contributed by atoms with E-state index in [1.807, 2.05) is 25.7 Å². The monoisotopic (exact) mass is 309 g/mol. The van der Waals surface area contributed by atoms with Crippen molar-refractivity contribution < 1.29 is 9.53 Å². The molecule has 0 aromatic rings. The molecule has 2 unspecified atom stereocenters. The van der Waals surface area contributed by atoms with Crippen LogP contribution in [0, 0.1) is 11.3 Å². The van der Waals surface area contributed by atoms with Crippen LogP contribution in [0.5, 0.6) is 0 Å². The highest BCUT2D eigenvalue weighted by Gasteiger charge is 2.30. The Balaban J connectivity index is 2.62. The van der Waals surface area contributed by atoms with Crippen LogP contribution < -0.4 is 5.32 Å². The van der Waals surface area contributed by atoms with Gasteiger partial charge in [0.15, 0.2) is 0 Å². The van der Waals surface area contributed by atoms with Crippen LogP contribution in [0.3, 0.4) is 0 Å². The van der Waals surface area contributed by atoms with E-state index in [9.17, 15) is 4.79 Å². The molecule has 0 aromatic carbocycles. The molecule has 1 rings (SSSR count). The number of nitrogens with one attached hydrogen (secondary N) is 1. The molecule has 5 nitrogen and oxygen atoms in total. The van der Waals surface area contributed by atoms with E-state index in [-0.39, 0.29) is 12.1 Å². The Kier molecular flexibility index (Phi) is 7.67. The lowest BCUT2D eigenvalue weighted by molar-refractivity contribution is 0.0150. The van der Waals surface area contributed by atoms with Gasteiger partial charge in [0.2, 0.25) is 0 Å². The number of hydrogen-bond acceptors (Lipinski definition) is 4. The van der Waals surface area contributed by atoms with Crippen molar-refractivity contribution in [2.24, 2.45) is 0 Å². The van der Waals surface area contributed by atoms with E-state index in [2.05, 4.69) is 18.3 Å². The van der Waals surface area contributed by atoms with Gasteiger partial charge in [-0.05, 0) is 47.0 Å². The first-order valence-corrected chi connectivity index (χ1v) is 8.43. The third-order valence-corrected chi connectivity index (χ3v) is 3.86. The van der Waals surface area contributed by atoms with Crippen molar-refractivity contribution in [3.63, 3.8) is 0 Å². The second-order valence-corrected chi connectivity index (χ2v) is 7.18. The summed E-state index contributed by atoms with van der Waals surface area (Å²) in [6.45, 7) is 9.33. The van der Waals surface area contributed by atoms with E-state index >= 15 is 0 Å². The minimum Gasteiger partial charge on any atom is -0.444 e. The number of carbonyl (C=O) groups is 1. The van der Waals surface area contributed by atoms with Crippen LogP contribution in [0.15, 0.2) is 0 Å². The summed E-state index contributed by atoms with van der Waals surface area (Å²) in [5, 5.41) is 12.0. The molecule has 5 heteroatoms. The standard InChI is InChI=1S/C17H31N3O2/c1-14(19-11-8-10-18)13-15-9-6-5-7-12-20(15)16(21)22-17(2,3)4/h14-15,19H,5-9,11-13H2,1-4H3. The van der Waals surface area contributed by atoms with Crippen LogP contribution in [0.25, 0.3) is 0 Å². The highest BCUT2D eigenvalue weighted by atomic mass is 16.6. The first-order chi connectivity index (χ1) is 10.3. The highest BCUT2D eigenvalue weighted by molar-refractivity contribution is 5.68. The van der Waals surface area contributed by atoms with E-state index in [0.29, 0.717) is 19.0 Å². The van der Waals surface area contributed by atoms with Gasteiger partial charge in [-0.15, -0.1) is 0 Å². The quantitative estimate of drug-likeness (QED) is 0.790. The van der Waals surface area contributed by atoms with Gasteiger partial charge in [0.05, 0.1) is 6.07 Å². The van der Waals surface area contributed by atoms with Crippen LogP contribution in [0.4, 0.5) is 4.79 Å². The Morgan fingerprint density at radius 1 is 1.41 bits per heavy atom. The molecule has 0 saturated carbocycles. The molecule has 1 saturated heterocycles. The lowest BCUT2D eigenvalue weighted by atomic mass is 10.0. The molecule has 1 heterocycles. The highest BCUT2D eigenvalue weighted by Crippen LogP contribution is 2.23. The Hall–Kier alpha value is -1.28. The number of nitrogens with zero attached hydrogens (tertiary/aromatic N) is 2. The number of likely N-dealkylation sites (tertiary alicyclic amines) is 1. The van der Waals surface area contributed by atoms with Gasteiger partial charge in [-0.2, -0.15) is 5.26 Å². The average molecular weight is 309 g/mol. The summed E-state index contributed by atoms with van der Waals surface area (Å²) in [5.41, 5.74) is -0.454. The second kappa shape index (κ2) is 8.99. The fourth-order valence-corrected chi connectivity index (χ4v) is 2.85. The van der Waals surface area contributed by atoms with Crippen molar-refractivity contribution in [2.75, 3.05) is 13.1 Å². The van der Waals surface area contributed by atoms with E-state index < -0.39 is 5.60 Å². The number of nitriles is 1. The maximum Gasteiger partial charge on any atom is 0.410 e. The van der Waals surface area contributed by atoms with Gasteiger partial charge in [0.1, 0.15) is 5.60 Å². The Labute approximate surface area is 135 Å². The van der Waals surface area contributed by atoms with Crippen LogP contribution >= 0.6 is 0 Å². The van der Waals surface area contributed by atoms with Crippen LogP contribution in [-0.2, 0) is 4.74 Å². The maximum atomic E-state index is 12.5. The van der Waals surface area contributed by atoms with Crippen molar-refractivity contribution >= 4 is 6.09 Å².